The lowest BCUT2D eigenvalue weighted by molar-refractivity contribution is -0.0450. The van der Waals surface area contributed by atoms with Crippen LogP contribution in [0.3, 0.4) is 0 Å². The Hall–Kier alpha value is -0.240. The zero-order valence-electron chi connectivity index (χ0n) is 29.2. The van der Waals surface area contributed by atoms with Crippen LogP contribution in [0.25, 0.3) is 0 Å². The molecule has 0 saturated carbocycles. The smallest absolute Gasteiger partial charge is 0.0610 e. The Morgan fingerprint density at radius 3 is 1.02 bits per heavy atom. The second-order valence-electron chi connectivity index (χ2n) is 18.0. The molecule has 3 aliphatic rings. The normalized spacial score (nSPS) is 27.7. The first-order valence-corrected chi connectivity index (χ1v) is 16.9. The van der Waals surface area contributed by atoms with Crippen LogP contribution in [0.4, 0.5) is 0 Å². The lowest BCUT2D eigenvalue weighted by atomic mass is 9.81. The molecule has 0 unspecified atom stereocenters. The zero-order chi connectivity index (χ0) is 30.7. The largest absolute Gasteiger partial charge is 0.378 e. The van der Waals surface area contributed by atoms with E-state index < -0.39 is 0 Å². The van der Waals surface area contributed by atoms with Crippen LogP contribution in [-0.4, -0.2) is 71.4 Å². The summed E-state index contributed by atoms with van der Waals surface area (Å²) in [6.45, 7) is 30.2. The maximum atomic E-state index is 6.68. The second-order valence-corrected chi connectivity index (χ2v) is 18.0. The van der Waals surface area contributed by atoms with Crippen LogP contribution < -0.4 is 16.0 Å². The molecule has 0 spiro atoms. The number of piperidine rings is 3. The molecule has 3 heterocycles. The van der Waals surface area contributed by atoms with Gasteiger partial charge >= 0.3 is 0 Å². The molecular formula is C35H69N3O3. The Morgan fingerprint density at radius 2 is 0.732 bits per heavy atom. The first-order valence-electron chi connectivity index (χ1n) is 16.9. The van der Waals surface area contributed by atoms with E-state index in [0.29, 0.717) is 24.2 Å². The lowest BCUT2D eigenvalue weighted by Gasteiger charge is -2.46. The van der Waals surface area contributed by atoms with E-state index in [0.717, 1.165) is 84.0 Å². The van der Waals surface area contributed by atoms with Gasteiger partial charge in [-0.05, 0) is 153 Å². The highest BCUT2D eigenvalue weighted by molar-refractivity contribution is 4.99. The van der Waals surface area contributed by atoms with Crippen molar-refractivity contribution < 1.29 is 14.2 Å². The van der Waals surface area contributed by atoms with Gasteiger partial charge in [-0.25, -0.2) is 0 Å². The maximum absolute atomic E-state index is 6.68. The van der Waals surface area contributed by atoms with Gasteiger partial charge in [-0.1, -0.05) is 0 Å². The third kappa shape index (κ3) is 12.7. The average Bonchev–Trinajstić information content (AvgIpc) is 2.70. The summed E-state index contributed by atoms with van der Waals surface area (Å²) in [7, 11) is 0. The number of rotatable bonds is 13. The summed E-state index contributed by atoms with van der Waals surface area (Å²) >= 11 is 0. The fraction of sp³-hybridized carbons (Fsp3) is 1.00. The molecule has 0 aromatic rings. The Kier molecular flexibility index (Phi) is 11.5. The van der Waals surface area contributed by atoms with Crippen LogP contribution in [0.5, 0.6) is 0 Å². The minimum absolute atomic E-state index is 0.108. The van der Waals surface area contributed by atoms with Crippen molar-refractivity contribution in [2.75, 3.05) is 19.8 Å². The predicted molar refractivity (Wildman–Crippen MR) is 173 cm³/mol. The first kappa shape index (κ1) is 35.2. The zero-order valence-corrected chi connectivity index (χ0v) is 29.2. The SMILES string of the molecule is CC1(C)CC(OCCCC(CCCOC2CC(C)(C)NC(C)(C)C2)COC2CC(C)(C)NC(C)(C)C2)CC(C)(C)N1. The van der Waals surface area contributed by atoms with E-state index in [2.05, 4.69) is 99.0 Å². The Bertz CT molecular complexity index is 725. The summed E-state index contributed by atoms with van der Waals surface area (Å²) in [6, 6.07) is 0. The van der Waals surface area contributed by atoms with Gasteiger partial charge in [-0.15, -0.1) is 0 Å². The Balaban J connectivity index is 1.49. The monoisotopic (exact) mass is 580 g/mol. The highest BCUT2D eigenvalue weighted by Gasteiger charge is 2.40. The third-order valence-electron chi connectivity index (χ3n) is 9.25. The number of hydrogen-bond donors (Lipinski definition) is 3. The van der Waals surface area contributed by atoms with Crippen molar-refractivity contribution in [1.29, 1.82) is 0 Å². The minimum atomic E-state index is 0.108. The summed E-state index contributed by atoms with van der Waals surface area (Å²) in [5.41, 5.74) is 0.707. The molecule has 0 amide bonds. The van der Waals surface area contributed by atoms with Crippen molar-refractivity contribution in [2.24, 2.45) is 5.92 Å². The fourth-order valence-corrected chi connectivity index (χ4v) is 8.87. The van der Waals surface area contributed by atoms with Gasteiger partial charge < -0.3 is 30.2 Å². The molecule has 0 atom stereocenters. The number of nitrogens with one attached hydrogen (secondary N) is 3. The molecule has 0 bridgehead atoms. The summed E-state index contributed by atoms with van der Waals surface area (Å²) in [4.78, 5) is 0. The topological polar surface area (TPSA) is 63.8 Å². The van der Waals surface area contributed by atoms with Crippen molar-refractivity contribution in [3.63, 3.8) is 0 Å². The maximum Gasteiger partial charge on any atom is 0.0610 e. The molecule has 0 radical (unpaired) electrons. The van der Waals surface area contributed by atoms with Gasteiger partial charge in [0.1, 0.15) is 0 Å². The molecule has 0 aromatic heterocycles. The second kappa shape index (κ2) is 13.4. The van der Waals surface area contributed by atoms with Crippen molar-refractivity contribution in [2.45, 2.75) is 199 Å². The molecule has 3 aliphatic heterocycles. The fourth-order valence-electron chi connectivity index (χ4n) is 8.87. The molecule has 6 heteroatoms. The molecule has 3 saturated heterocycles. The van der Waals surface area contributed by atoms with E-state index in [1.54, 1.807) is 0 Å². The summed E-state index contributed by atoms with van der Waals surface area (Å²) < 4.78 is 19.6. The van der Waals surface area contributed by atoms with Crippen LogP contribution in [0, 0.1) is 5.92 Å². The average molecular weight is 580 g/mol. The molecule has 41 heavy (non-hydrogen) atoms. The first-order chi connectivity index (χ1) is 18.6. The van der Waals surface area contributed by atoms with Gasteiger partial charge in [0.15, 0.2) is 0 Å². The van der Waals surface area contributed by atoms with E-state index in [1.165, 1.54) is 0 Å². The molecule has 6 nitrogen and oxygen atoms in total. The molecule has 242 valence electrons. The van der Waals surface area contributed by atoms with Crippen molar-refractivity contribution in [3.8, 4) is 0 Å². The third-order valence-corrected chi connectivity index (χ3v) is 9.25. The summed E-state index contributed by atoms with van der Waals surface area (Å²) in [6.07, 6.45) is 11.9. The Labute approximate surface area is 254 Å². The van der Waals surface area contributed by atoms with Gasteiger partial charge in [0.05, 0.1) is 18.3 Å². The molecular weight excluding hydrogens is 510 g/mol. The summed E-state index contributed by atoms with van der Waals surface area (Å²) in [5.74, 6) is 0.546. The van der Waals surface area contributed by atoms with E-state index in [9.17, 15) is 0 Å². The lowest BCUT2D eigenvalue weighted by Crippen LogP contribution is -2.59. The minimum Gasteiger partial charge on any atom is -0.378 e. The number of ether oxygens (including phenoxy) is 3. The van der Waals surface area contributed by atoms with Crippen LogP contribution in [0.1, 0.15) is 147 Å². The molecule has 3 fully saturated rings. The molecule has 0 aromatic carbocycles. The van der Waals surface area contributed by atoms with Crippen molar-refractivity contribution in [3.05, 3.63) is 0 Å². The van der Waals surface area contributed by atoms with E-state index in [-0.39, 0.29) is 33.2 Å². The van der Waals surface area contributed by atoms with Crippen molar-refractivity contribution in [1.82, 2.24) is 16.0 Å². The van der Waals surface area contributed by atoms with Gasteiger partial charge in [-0.3, -0.25) is 0 Å². The van der Waals surface area contributed by atoms with Crippen LogP contribution in [0.15, 0.2) is 0 Å². The van der Waals surface area contributed by atoms with Gasteiger partial charge in [0.2, 0.25) is 0 Å². The van der Waals surface area contributed by atoms with Crippen LogP contribution >= 0.6 is 0 Å². The Morgan fingerprint density at radius 1 is 0.463 bits per heavy atom. The van der Waals surface area contributed by atoms with E-state index in [4.69, 9.17) is 14.2 Å². The summed E-state index contributed by atoms with van der Waals surface area (Å²) in [5, 5.41) is 11.3. The standard InChI is InChI=1S/C35H69N3O3/c1-30(2)19-27(20-31(3,4)36-30)39-17-13-15-26(25-41-29-23-34(9,10)38-35(11,12)24-29)16-14-18-40-28-21-32(5,6)37-33(7,8)22-28/h26-29,36-38H,13-25H2,1-12H3. The quantitative estimate of drug-likeness (QED) is 0.202. The predicted octanol–water partition coefficient (Wildman–Crippen LogP) is 7.14. The molecule has 3 rings (SSSR count). The number of hydrogen-bond acceptors (Lipinski definition) is 6. The van der Waals surface area contributed by atoms with E-state index in [1.807, 2.05) is 0 Å². The highest BCUT2D eigenvalue weighted by atomic mass is 16.5. The van der Waals surface area contributed by atoms with Crippen LogP contribution in [0.2, 0.25) is 0 Å². The van der Waals surface area contributed by atoms with Crippen LogP contribution in [-0.2, 0) is 14.2 Å². The molecule has 0 aliphatic carbocycles. The van der Waals surface area contributed by atoms with Gasteiger partial charge in [0, 0.05) is 53.1 Å². The van der Waals surface area contributed by atoms with Gasteiger partial charge in [-0.2, -0.15) is 0 Å². The van der Waals surface area contributed by atoms with Crippen molar-refractivity contribution >= 4 is 0 Å². The van der Waals surface area contributed by atoms with Gasteiger partial charge in [0.25, 0.3) is 0 Å². The van der Waals surface area contributed by atoms with E-state index >= 15 is 0 Å². The molecule has 3 N–H and O–H groups in total. The highest BCUT2D eigenvalue weighted by Crippen LogP contribution is 2.33.